The van der Waals surface area contributed by atoms with E-state index in [2.05, 4.69) is 10.6 Å². The Hall–Kier alpha value is -1.72. The van der Waals surface area contributed by atoms with E-state index in [1.54, 1.807) is 13.0 Å². The van der Waals surface area contributed by atoms with E-state index >= 15 is 0 Å². The summed E-state index contributed by atoms with van der Waals surface area (Å²) >= 11 is 11.4. The minimum absolute atomic E-state index is 0.00585. The van der Waals surface area contributed by atoms with E-state index in [1.165, 1.54) is 0 Å². The second kappa shape index (κ2) is 8.53. The number of allylic oxidation sites excluding steroid dienone is 1. The molecule has 0 radical (unpaired) electrons. The van der Waals surface area contributed by atoms with Gasteiger partial charge in [0.15, 0.2) is 0 Å². The highest BCUT2D eigenvalue weighted by molar-refractivity contribution is 6.55. The molecule has 2 N–H and O–H groups in total. The highest BCUT2D eigenvalue weighted by atomic mass is 35.5. The van der Waals surface area contributed by atoms with Crippen molar-refractivity contribution in [1.29, 1.82) is 0 Å². The van der Waals surface area contributed by atoms with Crippen molar-refractivity contribution in [3.05, 3.63) is 39.9 Å². The van der Waals surface area contributed by atoms with Crippen molar-refractivity contribution in [1.82, 2.24) is 5.32 Å². The highest BCUT2D eigenvalue weighted by Gasteiger charge is 2.60. The molecule has 0 aromatic heterocycles. The van der Waals surface area contributed by atoms with Crippen LogP contribution in [0.2, 0.25) is 0 Å². The van der Waals surface area contributed by atoms with Crippen LogP contribution in [-0.2, 0) is 9.53 Å². The fraction of sp³-hybridized carbons (Fsp3) is 0.500. The maximum Gasteiger partial charge on any atom is 0.411 e. The number of aryl methyl sites for hydroxylation is 2. The molecule has 0 saturated heterocycles. The Morgan fingerprint density at radius 3 is 2.59 bits per heavy atom. The SMILES string of the molecule is Cc1ccc(C)c(NC(=O)O[C@H](C)CNC(=O)[C@H]2[C@@H](C=C(Cl)Cl)C2(C)C)c1. The first-order valence-corrected chi connectivity index (χ1v) is 9.63. The first-order chi connectivity index (χ1) is 12.5. The summed E-state index contributed by atoms with van der Waals surface area (Å²) in [5.41, 5.74) is 2.52. The lowest BCUT2D eigenvalue weighted by Crippen LogP contribution is -2.35. The normalized spacial score (nSPS) is 21.0. The Kier molecular flexibility index (Phi) is 6.82. The van der Waals surface area contributed by atoms with Gasteiger partial charge in [-0.15, -0.1) is 0 Å². The highest BCUT2D eigenvalue weighted by Crippen LogP contribution is 2.59. The molecule has 1 aromatic carbocycles. The van der Waals surface area contributed by atoms with E-state index in [9.17, 15) is 9.59 Å². The molecule has 0 heterocycles. The minimum Gasteiger partial charge on any atom is -0.444 e. The largest absolute Gasteiger partial charge is 0.444 e. The zero-order valence-electron chi connectivity index (χ0n) is 16.2. The second-order valence-electron chi connectivity index (χ2n) is 7.69. The van der Waals surface area contributed by atoms with Crippen LogP contribution >= 0.6 is 23.2 Å². The zero-order valence-corrected chi connectivity index (χ0v) is 17.7. The van der Waals surface area contributed by atoms with Crippen LogP contribution in [0.3, 0.4) is 0 Å². The Morgan fingerprint density at radius 2 is 1.96 bits per heavy atom. The summed E-state index contributed by atoms with van der Waals surface area (Å²) < 4.78 is 5.49. The third-order valence-corrected chi connectivity index (χ3v) is 5.25. The van der Waals surface area contributed by atoms with E-state index in [-0.39, 0.29) is 34.2 Å². The molecule has 1 saturated carbocycles. The first kappa shape index (κ1) is 21.6. The van der Waals surface area contributed by atoms with E-state index in [0.29, 0.717) is 5.69 Å². The summed E-state index contributed by atoms with van der Waals surface area (Å²) in [7, 11) is 0. The molecular weight excluding hydrogens is 387 g/mol. The smallest absolute Gasteiger partial charge is 0.411 e. The van der Waals surface area contributed by atoms with Gasteiger partial charge in [0.05, 0.1) is 12.5 Å². The number of hydrogen-bond acceptors (Lipinski definition) is 3. The standard InChI is InChI=1S/C20H26Cl2N2O3/c1-11-6-7-12(2)15(8-11)24-19(26)27-13(3)10-23-18(25)17-14(9-16(21)22)20(17,4)5/h6-9,13-14,17H,10H2,1-5H3,(H,23,25)(H,24,26)/t13-,14-,17-/m1/s1. The van der Waals surface area contributed by atoms with Crippen LogP contribution in [0.4, 0.5) is 10.5 Å². The fourth-order valence-corrected chi connectivity index (χ4v) is 3.49. The third kappa shape index (κ3) is 5.63. The van der Waals surface area contributed by atoms with E-state index in [0.717, 1.165) is 11.1 Å². The number of anilines is 1. The number of rotatable bonds is 6. The van der Waals surface area contributed by atoms with Gasteiger partial charge in [-0.3, -0.25) is 10.1 Å². The topological polar surface area (TPSA) is 67.4 Å². The zero-order chi connectivity index (χ0) is 20.4. The van der Waals surface area contributed by atoms with E-state index < -0.39 is 12.2 Å². The van der Waals surface area contributed by atoms with Gasteiger partial charge in [-0.05, 0) is 55.4 Å². The molecule has 1 aliphatic carbocycles. The molecule has 148 valence electrons. The van der Waals surface area contributed by atoms with Gasteiger partial charge in [0.1, 0.15) is 10.6 Å². The van der Waals surface area contributed by atoms with E-state index in [1.807, 2.05) is 45.9 Å². The van der Waals surface area contributed by atoms with Gasteiger partial charge in [0.25, 0.3) is 0 Å². The summed E-state index contributed by atoms with van der Waals surface area (Å²) in [6.07, 6.45) is 0.684. The Balaban J connectivity index is 1.81. The van der Waals surface area contributed by atoms with Crippen LogP contribution in [0.5, 0.6) is 0 Å². The Morgan fingerprint density at radius 1 is 1.30 bits per heavy atom. The average Bonchev–Trinajstić information content (AvgIpc) is 3.08. The van der Waals surface area contributed by atoms with Crippen LogP contribution in [-0.4, -0.2) is 24.6 Å². The van der Waals surface area contributed by atoms with Crippen LogP contribution in [0.15, 0.2) is 28.8 Å². The van der Waals surface area contributed by atoms with Crippen LogP contribution in [0.25, 0.3) is 0 Å². The molecule has 3 atom stereocenters. The molecule has 1 fully saturated rings. The number of halogens is 2. The quantitative estimate of drug-likeness (QED) is 0.694. The molecule has 2 amide bonds. The summed E-state index contributed by atoms with van der Waals surface area (Å²) in [5, 5.41) is 5.57. The molecule has 5 nitrogen and oxygen atoms in total. The maximum atomic E-state index is 12.4. The average molecular weight is 413 g/mol. The fourth-order valence-electron chi connectivity index (χ4n) is 3.21. The van der Waals surface area contributed by atoms with Crippen LogP contribution in [0, 0.1) is 31.1 Å². The Bertz CT molecular complexity index is 758. The molecule has 7 heteroatoms. The van der Waals surface area contributed by atoms with Crippen molar-refractivity contribution < 1.29 is 14.3 Å². The number of hydrogen-bond donors (Lipinski definition) is 2. The van der Waals surface area contributed by atoms with Gasteiger partial charge < -0.3 is 10.1 Å². The van der Waals surface area contributed by atoms with Crippen LogP contribution in [0.1, 0.15) is 31.9 Å². The maximum absolute atomic E-state index is 12.4. The van der Waals surface area contributed by atoms with Crippen molar-refractivity contribution in [2.45, 2.75) is 40.7 Å². The van der Waals surface area contributed by atoms with Gasteiger partial charge in [0, 0.05) is 5.69 Å². The second-order valence-corrected chi connectivity index (χ2v) is 8.69. The molecule has 1 aromatic rings. The van der Waals surface area contributed by atoms with Gasteiger partial charge in [-0.1, -0.05) is 49.2 Å². The number of nitrogens with one attached hydrogen (secondary N) is 2. The molecule has 0 spiro atoms. The molecule has 0 aliphatic heterocycles. The van der Waals surface area contributed by atoms with Gasteiger partial charge >= 0.3 is 6.09 Å². The lowest BCUT2D eigenvalue weighted by atomic mass is 10.1. The predicted octanol–water partition coefficient (Wildman–Crippen LogP) is 4.95. The van der Waals surface area contributed by atoms with Gasteiger partial charge in [-0.25, -0.2) is 4.79 Å². The van der Waals surface area contributed by atoms with Crippen molar-refractivity contribution >= 4 is 40.9 Å². The van der Waals surface area contributed by atoms with Crippen molar-refractivity contribution in [3.8, 4) is 0 Å². The molecule has 27 heavy (non-hydrogen) atoms. The number of amides is 2. The Labute approximate surface area is 170 Å². The monoisotopic (exact) mass is 412 g/mol. The molecule has 0 unspecified atom stereocenters. The first-order valence-electron chi connectivity index (χ1n) is 8.87. The lowest BCUT2D eigenvalue weighted by Gasteiger charge is -2.16. The summed E-state index contributed by atoms with van der Waals surface area (Å²) in [5.74, 6) is -0.284. The molecular formula is C20H26Cl2N2O3. The lowest BCUT2D eigenvalue weighted by molar-refractivity contribution is -0.123. The number of ether oxygens (including phenoxy) is 1. The van der Waals surface area contributed by atoms with Crippen LogP contribution < -0.4 is 10.6 Å². The summed E-state index contributed by atoms with van der Waals surface area (Å²) in [4.78, 5) is 24.5. The summed E-state index contributed by atoms with van der Waals surface area (Å²) in [6.45, 7) is 9.81. The molecule has 1 aliphatic rings. The molecule has 2 rings (SSSR count). The van der Waals surface area contributed by atoms with E-state index in [4.69, 9.17) is 27.9 Å². The number of benzene rings is 1. The van der Waals surface area contributed by atoms with Crippen molar-refractivity contribution in [3.63, 3.8) is 0 Å². The van der Waals surface area contributed by atoms with Gasteiger partial charge in [0.2, 0.25) is 5.91 Å². The number of carbonyl (C=O) groups is 2. The van der Waals surface area contributed by atoms with Gasteiger partial charge in [-0.2, -0.15) is 0 Å². The van der Waals surface area contributed by atoms with Crippen molar-refractivity contribution in [2.75, 3.05) is 11.9 Å². The summed E-state index contributed by atoms with van der Waals surface area (Å²) in [6, 6.07) is 5.79. The minimum atomic E-state index is -0.549. The predicted molar refractivity (Wildman–Crippen MR) is 109 cm³/mol. The number of carbonyl (C=O) groups excluding carboxylic acids is 2. The molecule has 0 bridgehead atoms. The van der Waals surface area contributed by atoms with Crippen molar-refractivity contribution in [2.24, 2.45) is 17.3 Å². The third-order valence-electron chi connectivity index (χ3n) is 5.00.